The number of fused-ring (bicyclic) bond motifs is 1. The van der Waals surface area contributed by atoms with Crippen LogP contribution >= 0.6 is 0 Å². The highest BCUT2D eigenvalue weighted by atomic mass is 16.3. The van der Waals surface area contributed by atoms with Crippen LogP contribution in [0.15, 0.2) is 28.7 Å². The van der Waals surface area contributed by atoms with Crippen LogP contribution < -0.4 is 5.32 Å². The number of furan rings is 1. The van der Waals surface area contributed by atoms with Gasteiger partial charge in [0.15, 0.2) is 0 Å². The molecule has 1 aliphatic carbocycles. The monoisotopic (exact) mass is 285 g/mol. The summed E-state index contributed by atoms with van der Waals surface area (Å²) in [5, 5.41) is 4.92. The second kappa shape index (κ2) is 6.65. The molecule has 0 bridgehead atoms. The van der Waals surface area contributed by atoms with Crippen molar-refractivity contribution in [3.63, 3.8) is 0 Å². The molecule has 1 fully saturated rings. The summed E-state index contributed by atoms with van der Waals surface area (Å²) in [6, 6.07) is 8.34. The van der Waals surface area contributed by atoms with Crippen molar-refractivity contribution >= 4 is 11.0 Å². The molecule has 1 saturated carbocycles. The summed E-state index contributed by atoms with van der Waals surface area (Å²) in [4.78, 5) is 0. The van der Waals surface area contributed by atoms with Gasteiger partial charge in [-0.25, -0.2) is 0 Å². The van der Waals surface area contributed by atoms with Crippen molar-refractivity contribution in [3.05, 3.63) is 35.6 Å². The number of rotatable bonds is 5. The molecule has 0 aliphatic heterocycles. The fraction of sp³-hybridized carbons (Fsp3) is 0.579. The maximum absolute atomic E-state index is 5.83. The molecule has 0 unspecified atom stereocenters. The lowest BCUT2D eigenvalue weighted by Gasteiger charge is -2.27. The molecule has 1 heterocycles. The van der Waals surface area contributed by atoms with E-state index >= 15 is 0 Å². The van der Waals surface area contributed by atoms with Gasteiger partial charge < -0.3 is 9.73 Å². The molecule has 0 radical (unpaired) electrons. The maximum Gasteiger partial charge on any atom is 0.134 e. The number of nitrogens with one attached hydrogen (secondary N) is 1. The summed E-state index contributed by atoms with van der Waals surface area (Å²) < 4.78 is 5.83. The average Bonchev–Trinajstić information content (AvgIpc) is 2.84. The SMILES string of the molecule is CCC1CCC(CNCc2c(C)oc3ccccc23)CC1. The van der Waals surface area contributed by atoms with Crippen molar-refractivity contribution < 1.29 is 4.42 Å². The molecule has 1 aromatic carbocycles. The molecule has 1 N–H and O–H groups in total. The van der Waals surface area contributed by atoms with Gasteiger partial charge in [-0.3, -0.25) is 0 Å². The van der Waals surface area contributed by atoms with Crippen molar-refractivity contribution in [2.45, 2.75) is 52.5 Å². The zero-order valence-electron chi connectivity index (χ0n) is 13.3. The highest BCUT2D eigenvalue weighted by Gasteiger charge is 2.19. The molecule has 3 rings (SSSR count). The Labute approximate surface area is 127 Å². The summed E-state index contributed by atoms with van der Waals surface area (Å²) in [6.45, 7) is 6.48. The van der Waals surface area contributed by atoms with Gasteiger partial charge in [0.25, 0.3) is 0 Å². The standard InChI is InChI=1S/C19H27NO/c1-3-15-8-10-16(11-9-15)12-20-13-18-14(2)21-19-7-5-4-6-17(18)19/h4-7,15-16,20H,3,8-13H2,1-2H3. The Kier molecular flexibility index (Phi) is 4.64. The molecule has 0 spiro atoms. The summed E-state index contributed by atoms with van der Waals surface area (Å²) in [5.74, 6) is 2.91. The largest absolute Gasteiger partial charge is 0.461 e. The first-order valence-corrected chi connectivity index (χ1v) is 8.45. The van der Waals surface area contributed by atoms with Gasteiger partial charge in [-0.05, 0) is 44.2 Å². The fourth-order valence-electron chi connectivity index (χ4n) is 3.69. The lowest BCUT2D eigenvalue weighted by atomic mass is 9.81. The van der Waals surface area contributed by atoms with Gasteiger partial charge in [0, 0.05) is 17.5 Å². The molecule has 2 nitrogen and oxygen atoms in total. The Bertz CT molecular complexity index is 578. The Morgan fingerprint density at radius 3 is 2.57 bits per heavy atom. The Balaban J connectivity index is 1.54. The first-order chi connectivity index (χ1) is 10.3. The third-order valence-corrected chi connectivity index (χ3v) is 5.18. The molecular weight excluding hydrogens is 258 g/mol. The van der Waals surface area contributed by atoms with Crippen LogP contribution in [0.2, 0.25) is 0 Å². The Morgan fingerprint density at radius 1 is 1.10 bits per heavy atom. The van der Waals surface area contributed by atoms with E-state index in [0.717, 1.165) is 36.3 Å². The summed E-state index contributed by atoms with van der Waals surface area (Å²) in [7, 11) is 0. The van der Waals surface area contributed by atoms with Crippen molar-refractivity contribution in [2.24, 2.45) is 11.8 Å². The molecular formula is C19H27NO. The molecule has 21 heavy (non-hydrogen) atoms. The highest BCUT2D eigenvalue weighted by molar-refractivity contribution is 5.82. The molecule has 0 atom stereocenters. The van der Waals surface area contributed by atoms with E-state index in [9.17, 15) is 0 Å². The summed E-state index contributed by atoms with van der Waals surface area (Å²) in [5.41, 5.74) is 2.34. The van der Waals surface area contributed by atoms with Gasteiger partial charge in [0.1, 0.15) is 11.3 Å². The van der Waals surface area contributed by atoms with E-state index in [-0.39, 0.29) is 0 Å². The third-order valence-electron chi connectivity index (χ3n) is 5.18. The van der Waals surface area contributed by atoms with Gasteiger partial charge in [-0.15, -0.1) is 0 Å². The van der Waals surface area contributed by atoms with Crippen molar-refractivity contribution in [1.82, 2.24) is 5.32 Å². The van der Waals surface area contributed by atoms with E-state index in [0.29, 0.717) is 0 Å². The first kappa shape index (κ1) is 14.6. The number of hydrogen-bond donors (Lipinski definition) is 1. The minimum absolute atomic E-state index is 0.867. The lowest BCUT2D eigenvalue weighted by molar-refractivity contribution is 0.262. The zero-order chi connectivity index (χ0) is 14.7. The van der Waals surface area contributed by atoms with E-state index < -0.39 is 0 Å². The fourth-order valence-corrected chi connectivity index (χ4v) is 3.69. The minimum Gasteiger partial charge on any atom is -0.461 e. The smallest absolute Gasteiger partial charge is 0.134 e. The second-order valence-electron chi connectivity index (χ2n) is 6.56. The van der Waals surface area contributed by atoms with E-state index in [2.05, 4.69) is 37.4 Å². The van der Waals surface area contributed by atoms with Gasteiger partial charge in [0.05, 0.1) is 0 Å². The number of para-hydroxylation sites is 1. The summed E-state index contributed by atoms with van der Waals surface area (Å²) in [6.07, 6.45) is 7.01. The molecule has 1 aromatic heterocycles. The third kappa shape index (κ3) is 3.32. The van der Waals surface area contributed by atoms with Crippen LogP contribution in [0.1, 0.15) is 50.4 Å². The van der Waals surface area contributed by atoms with Gasteiger partial charge in [0.2, 0.25) is 0 Å². The van der Waals surface area contributed by atoms with Crippen LogP contribution in [0.25, 0.3) is 11.0 Å². The molecule has 0 amide bonds. The predicted molar refractivity (Wildman–Crippen MR) is 88.4 cm³/mol. The van der Waals surface area contributed by atoms with Crippen molar-refractivity contribution in [2.75, 3.05) is 6.54 Å². The highest BCUT2D eigenvalue weighted by Crippen LogP contribution is 2.30. The average molecular weight is 285 g/mol. The second-order valence-corrected chi connectivity index (χ2v) is 6.56. The Hall–Kier alpha value is -1.28. The summed E-state index contributed by atoms with van der Waals surface area (Å²) >= 11 is 0. The van der Waals surface area contributed by atoms with Crippen LogP contribution in [0, 0.1) is 18.8 Å². The van der Waals surface area contributed by atoms with Crippen molar-refractivity contribution in [1.29, 1.82) is 0 Å². The van der Waals surface area contributed by atoms with E-state index in [1.165, 1.54) is 43.1 Å². The first-order valence-electron chi connectivity index (χ1n) is 8.45. The van der Waals surface area contributed by atoms with Crippen LogP contribution in [0.3, 0.4) is 0 Å². The van der Waals surface area contributed by atoms with Crippen LogP contribution in [-0.2, 0) is 6.54 Å². The topological polar surface area (TPSA) is 25.2 Å². The van der Waals surface area contributed by atoms with Crippen LogP contribution in [0.4, 0.5) is 0 Å². The van der Waals surface area contributed by atoms with Crippen molar-refractivity contribution in [3.8, 4) is 0 Å². The van der Waals surface area contributed by atoms with Crippen LogP contribution in [-0.4, -0.2) is 6.54 Å². The quantitative estimate of drug-likeness (QED) is 0.832. The van der Waals surface area contributed by atoms with Crippen LogP contribution in [0.5, 0.6) is 0 Å². The van der Waals surface area contributed by atoms with Gasteiger partial charge in [-0.2, -0.15) is 0 Å². The predicted octanol–water partition coefficient (Wildman–Crippen LogP) is 5.05. The van der Waals surface area contributed by atoms with Gasteiger partial charge >= 0.3 is 0 Å². The molecule has 2 aromatic rings. The zero-order valence-corrected chi connectivity index (χ0v) is 13.3. The number of aryl methyl sites for hydroxylation is 1. The Morgan fingerprint density at radius 2 is 1.81 bits per heavy atom. The van der Waals surface area contributed by atoms with E-state index in [4.69, 9.17) is 4.42 Å². The number of hydrogen-bond acceptors (Lipinski definition) is 2. The van der Waals surface area contributed by atoms with E-state index in [1.54, 1.807) is 0 Å². The molecule has 114 valence electrons. The molecule has 0 saturated heterocycles. The van der Waals surface area contributed by atoms with E-state index in [1.807, 2.05) is 6.07 Å². The van der Waals surface area contributed by atoms with Gasteiger partial charge in [-0.1, -0.05) is 44.4 Å². The minimum atomic E-state index is 0.867. The molecule has 1 aliphatic rings. The number of benzene rings is 1. The maximum atomic E-state index is 5.83. The lowest BCUT2D eigenvalue weighted by Crippen LogP contribution is -2.26. The normalized spacial score (nSPS) is 22.8. The molecule has 2 heteroatoms.